The zero-order chi connectivity index (χ0) is 20.9. The number of hydrogen-bond acceptors (Lipinski definition) is 6. The lowest BCUT2D eigenvalue weighted by atomic mass is 10.2. The van der Waals surface area contributed by atoms with Gasteiger partial charge in [-0.05, 0) is 42.0 Å². The van der Waals surface area contributed by atoms with E-state index >= 15 is 0 Å². The highest BCUT2D eigenvalue weighted by Gasteiger charge is 2.21. The molecule has 0 unspecified atom stereocenters. The second-order valence-electron chi connectivity index (χ2n) is 7.00. The van der Waals surface area contributed by atoms with Gasteiger partial charge in [0.15, 0.2) is 5.13 Å². The molecule has 2 aromatic carbocycles. The lowest BCUT2D eigenvalue weighted by Crippen LogP contribution is -2.46. The number of halogens is 1. The predicted octanol–water partition coefficient (Wildman–Crippen LogP) is 3.55. The summed E-state index contributed by atoms with van der Waals surface area (Å²) in [4.78, 5) is 21.4. The smallest absolute Gasteiger partial charge is 0.271 e. The van der Waals surface area contributed by atoms with Crippen molar-refractivity contribution in [2.24, 2.45) is 0 Å². The largest absolute Gasteiger partial charge is 0.497 e. The summed E-state index contributed by atoms with van der Waals surface area (Å²) in [7, 11) is 1.62. The number of amides is 1. The number of methoxy groups -OCH3 is 1. The van der Waals surface area contributed by atoms with E-state index in [9.17, 15) is 9.18 Å². The van der Waals surface area contributed by atoms with E-state index in [-0.39, 0.29) is 11.7 Å². The van der Waals surface area contributed by atoms with E-state index in [2.05, 4.69) is 20.1 Å². The first-order chi connectivity index (χ1) is 14.6. The van der Waals surface area contributed by atoms with Gasteiger partial charge >= 0.3 is 0 Å². The van der Waals surface area contributed by atoms with Crippen LogP contribution in [-0.2, 0) is 6.54 Å². The van der Waals surface area contributed by atoms with Crippen LogP contribution in [0.25, 0.3) is 0 Å². The number of nitrogens with one attached hydrogen (secondary N) is 1. The fourth-order valence-electron chi connectivity index (χ4n) is 3.38. The van der Waals surface area contributed by atoms with Gasteiger partial charge in [-0.25, -0.2) is 9.37 Å². The Bertz CT molecular complexity index is 1000. The number of benzene rings is 2. The summed E-state index contributed by atoms with van der Waals surface area (Å²) < 4.78 is 18.3. The first-order valence-corrected chi connectivity index (χ1v) is 10.6. The maximum Gasteiger partial charge on any atom is 0.271 e. The molecule has 2 heterocycles. The first kappa shape index (κ1) is 20.2. The second kappa shape index (κ2) is 9.13. The summed E-state index contributed by atoms with van der Waals surface area (Å²) in [6.45, 7) is 3.66. The molecular formula is C22H23FN4O2S. The molecule has 1 aliphatic rings. The van der Waals surface area contributed by atoms with Crippen molar-refractivity contribution in [2.45, 2.75) is 6.54 Å². The summed E-state index contributed by atoms with van der Waals surface area (Å²) in [5.74, 6) is 0.347. The van der Waals surface area contributed by atoms with Crippen molar-refractivity contribution < 1.29 is 13.9 Å². The summed E-state index contributed by atoms with van der Waals surface area (Å²) in [5.41, 5.74) is 2.42. The highest BCUT2D eigenvalue weighted by molar-refractivity contribution is 7.13. The van der Waals surface area contributed by atoms with E-state index in [1.807, 2.05) is 24.3 Å². The quantitative estimate of drug-likeness (QED) is 0.653. The molecule has 0 saturated carbocycles. The van der Waals surface area contributed by atoms with Crippen molar-refractivity contribution in [3.8, 4) is 5.75 Å². The van der Waals surface area contributed by atoms with Gasteiger partial charge in [-0.3, -0.25) is 4.79 Å². The average molecular weight is 427 g/mol. The lowest BCUT2D eigenvalue weighted by Gasteiger charge is -2.36. The zero-order valence-corrected chi connectivity index (χ0v) is 17.5. The van der Waals surface area contributed by atoms with E-state index in [4.69, 9.17) is 4.74 Å². The van der Waals surface area contributed by atoms with Gasteiger partial charge in [-0.1, -0.05) is 12.1 Å². The van der Waals surface area contributed by atoms with E-state index in [0.717, 1.165) is 48.3 Å². The minimum Gasteiger partial charge on any atom is -0.497 e. The summed E-state index contributed by atoms with van der Waals surface area (Å²) >= 11 is 1.48. The minimum atomic E-state index is -0.225. The van der Waals surface area contributed by atoms with Crippen molar-refractivity contribution >= 4 is 28.1 Å². The Hall–Kier alpha value is -3.13. The molecule has 8 heteroatoms. The molecule has 1 N–H and O–H groups in total. The summed E-state index contributed by atoms with van der Waals surface area (Å²) in [5, 5.41) is 5.55. The number of carbonyl (C=O) groups excluding carboxylic acids is 1. The van der Waals surface area contributed by atoms with Gasteiger partial charge in [0.1, 0.15) is 17.3 Å². The molecule has 0 bridgehead atoms. The number of aromatic nitrogens is 1. The molecule has 1 amide bonds. The number of thiazole rings is 1. The van der Waals surface area contributed by atoms with Gasteiger partial charge in [-0.15, -0.1) is 11.3 Å². The third kappa shape index (κ3) is 4.71. The van der Waals surface area contributed by atoms with Crippen LogP contribution in [-0.4, -0.2) is 44.2 Å². The molecule has 156 valence electrons. The molecule has 0 radical (unpaired) electrons. The van der Waals surface area contributed by atoms with Crippen LogP contribution in [0.1, 0.15) is 16.1 Å². The van der Waals surface area contributed by atoms with Crippen LogP contribution in [0.5, 0.6) is 5.75 Å². The molecule has 6 nitrogen and oxygen atoms in total. The third-order valence-corrected chi connectivity index (χ3v) is 5.96. The molecule has 0 aliphatic carbocycles. The Morgan fingerprint density at radius 2 is 1.87 bits per heavy atom. The highest BCUT2D eigenvalue weighted by Crippen LogP contribution is 2.24. The topological polar surface area (TPSA) is 57.7 Å². The molecular weight excluding hydrogens is 403 g/mol. The number of anilines is 2. The standard InChI is InChI=1S/C22H23FN4O2S/c1-29-19-4-2-3-16(13-19)14-24-21(28)20-15-30-22(25-20)27-11-9-26(10-12-27)18-7-5-17(23)6-8-18/h2-8,13,15H,9-12,14H2,1H3,(H,24,28). The molecule has 0 spiro atoms. The molecule has 1 aromatic heterocycles. The van der Waals surface area contributed by atoms with Crippen LogP contribution < -0.4 is 19.9 Å². The van der Waals surface area contributed by atoms with Gasteiger partial charge in [0.25, 0.3) is 5.91 Å². The number of hydrogen-bond donors (Lipinski definition) is 1. The van der Waals surface area contributed by atoms with E-state index in [1.165, 1.54) is 23.5 Å². The number of piperazine rings is 1. The number of carbonyl (C=O) groups is 1. The molecule has 3 aromatic rings. The van der Waals surface area contributed by atoms with Gasteiger partial charge in [0.05, 0.1) is 7.11 Å². The van der Waals surface area contributed by atoms with E-state index in [0.29, 0.717) is 12.2 Å². The van der Waals surface area contributed by atoms with Crippen molar-refractivity contribution in [3.05, 3.63) is 71.0 Å². The highest BCUT2D eigenvalue weighted by atomic mass is 32.1. The van der Waals surface area contributed by atoms with Gasteiger partial charge < -0.3 is 19.9 Å². The lowest BCUT2D eigenvalue weighted by molar-refractivity contribution is 0.0946. The first-order valence-electron chi connectivity index (χ1n) is 9.74. The SMILES string of the molecule is COc1cccc(CNC(=O)c2csc(N3CCN(c4ccc(F)cc4)CC3)n2)c1. The van der Waals surface area contributed by atoms with Crippen molar-refractivity contribution in [2.75, 3.05) is 43.1 Å². The average Bonchev–Trinajstić information content (AvgIpc) is 3.29. The molecule has 1 saturated heterocycles. The third-order valence-electron chi connectivity index (χ3n) is 5.05. The van der Waals surface area contributed by atoms with Crippen LogP contribution >= 0.6 is 11.3 Å². The fraction of sp³-hybridized carbons (Fsp3) is 0.273. The maximum absolute atomic E-state index is 13.1. The molecule has 4 rings (SSSR count). The molecule has 0 atom stereocenters. The number of ether oxygens (including phenoxy) is 1. The normalized spacial score (nSPS) is 13.9. The van der Waals surface area contributed by atoms with Crippen molar-refractivity contribution in [1.82, 2.24) is 10.3 Å². The van der Waals surface area contributed by atoms with Crippen LogP contribution in [0, 0.1) is 5.82 Å². The van der Waals surface area contributed by atoms with Crippen molar-refractivity contribution in [1.29, 1.82) is 0 Å². The Balaban J connectivity index is 1.31. The molecule has 1 fully saturated rings. The Morgan fingerprint density at radius 1 is 1.13 bits per heavy atom. The van der Waals surface area contributed by atoms with Crippen LogP contribution in [0.4, 0.5) is 15.2 Å². The van der Waals surface area contributed by atoms with Crippen LogP contribution in [0.2, 0.25) is 0 Å². The van der Waals surface area contributed by atoms with Crippen molar-refractivity contribution in [3.63, 3.8) is 0 Å². The number of rotatable bonds is 6. The molecule has 30 heavy (non-hydrogen) atoms. The monoisotopic (exact) mass is 426 g/mol. The van der Waals surface area contributed by atoms with Crippen LogP contribution in [0.15, 0.2) is 53.9 Å². The van der Waals surface area contributed by atoms with Crippen LogP contribution in [0.3, 0.4) is 0 Å². The Morgan fingerprint density at radius 3 is 2.60 bits per heavy atom. The minimum absolute atomic E-state index is 0.190. The Kier molecular flexibility index (Phi) is 6.13. The number of nitrogens with zero attached hydrogens (tertiary/aromatic N) is 3. The van der Waals surface area contributed by atoms with Gasteiger partial charge in [0.2, 0.25) is 0 Å². The van der Waals surface area contributed by atoms with E-state index in [1.54, 1.807) is 24.6 Å². The predicted molar refractivity (Wildman–Crippen MR) is 117 cm³/mol. The fourth-order valence-corrected chi connectivity index (χ4v) is 4.24. The summed E-state index contributed by atoms with van der Waals surface area (Å²) in [6, 6.07) is 14.2. The van der Waals surface area contributed by atoms with Gasteiger partial charge in [-0.2, -0.15) is 0 Å². The zero-order valence-electron chi connectivity index (χ0n) is 16.7. The second-order valence-corrected chi connectivity index (χ2v) is 7.84. The maximum atomic E-state index is 13.1. The Labute approximate surface area is 178 Å². The van der Waals surface area contributed by atoms with Gasteiger partial charge in [0, 0.05) is 43.8 Å². The molecule has 1 aliphatic heterocycles. The summed E-state index contributed by atoms with van der Waals surface area (Å²) in [6.07, 6.45) is 0. The van der Waals surface area contributed by atoms with E-state index < -0.39 is 0 Å².